The Labute approximate surface area is 183 Å². The summed E-state index contributed by atoms with van der Waals surface area (Å²) in [6, 6.07) is 3.91. The second kappa shape index (κ2) is 8.21. The first kappa shape index (κ1) is 23.2. The number of aromatic nitrogens is 3. The summed E-state index contributed by atoms with van der Waals surface area (Å²) in [6.45, 7) is 0. The Morgan fingerprint density at radius 2 is 1.58 bits per heavy atom. The minimum atomic E-state index is -5.17. The van der Waals surface area contributed by atoms with Crippen LogP contribution in [0.1, 0.15) is 11.3 Å². The average molecular weight is 505 g/mol. The van der Waals surface area contributed by atoms with Crippen LogP contribution < -0.4 is 10.3 Å². The molecule has 0 saturated carbocycles. The van der Waals surface area contributed by atoms with E-state index in [4.69, 9.17) is 39.5 Å². The summed E-state index contributed by atoms with van der Waals surface area (Å²) >= 11 is 17.2. The molecule has 0 spiro atoms. The molecule has 3 rings (SSSR count). The van der Waals surface area contributed by atoms with Crippen LogP contribution in [0.15, 0.2) is 35.3 Å². The molecule has 2 aromatic heterocycles. The molecule has 5 nitrogen and oxygen atoms in total. The van der Waals surface area contributed by atoms with Gasteiger partial charge in [0.2, 0.25) is 5.75 Å². The SMILES string of the molecule is O=c1[nH]c(-c2ncc(C(F)(F)F)cc2Cl)nc(C(F)(F)F)c1Oc1ccc(Cl)c(Cl)c1. The van der Waals surface area contributed by atoms with Crippen LogP contribution in [0.2, 0.25) is 15.1 Å². The Hall–Kier alpha value is -2.50. The summed E-state index contributed by atoms with van der Waals surface area (Å²) in [5, 5.41) is -0.630. The van der Waals surface area contributed by atoms with Gasteiger partial charge in [0.15, 0.2) is 11.5 Å². The van der Waals surface area contributed by atoms with Crippen LogP contribution in [-0.4, -0.2) is 15.0 Å². The molecule has 14 heteroatoms. The zero-order chi connectivity index (χ0) is 23.1. The number of ether oxygens (including phenoxy) is 1. The predicted molar refractivity (Wildman–Crippen MR) is 99.6 cm³/mol. The lowest BCUT2D eigenvalue weighted by atomic mass is 10.2. The fourth-order valence-corrected chi connectivity index (χ4v) is 2.83. The molecule has 1 N–H and O–H groups in total. The highest BCUT2D eigenvalue weighted by atomic mass is 35.5. The lowest BCUT2D eigenvalue weighted by Gasteiger charge is -2.14. The van der Waals surface area contributed by atoms with Crippen molar-refractivity contribution >= 4 is 34.8 Å². The van der Waals surface area contributed by atoms with Gasteiger partial charge in [-0.1, -0.05) is 34.8 Å². The van der Waals surface area contributed by atoms with Crippen molar-refractivity contribution in [2.75, 3.05) is 0 Å². The summed E-state index contributed by atoms with van der Waals surface area (Å²) < 4.78 is 83.9. The van der Waals surface area contributed by atoms with Crippen LogP contribution in [0, 0.1) is 0 Å². The van der Waals surface area contributed by atoms with Crippen LogP contribution in [0.25, 0.3) is 11.5 Å². The van der Waals surface area contributed by atoms with E-state index >= 15 is 0 Å². The lowest BCUT2D eigenvalue weighted by Crippen LogP contribution is -2.21. The van der Waals surface area contributed by atoms with Gasteiger partial charge in [-0.3, -0.25) is 9.78 Å². The Bertz CT molecular complexity index is 1210. The van der Waals surface area contributed by atoms with Crippen molar-refractivity contribution in [2.24, 2.45) is 0 Å². The van der Waals surface area contributed by atoms with E-state index in [0.717, 1.165) is 12.1 Å². The molecule has 0 radical (unpaired) electrons. The second-order valence-corrected chi connectivity index (χ2v) is 7.04. The quantitative estimate of drug-likeness (QED) is 0.407. The molecule has 0 aliphatic rings. The zero-order valence-corrected chi connectivity index (χ0v) is 16.8. The first-order chi connectivity index (χ1) is 14.3. The number of hydrogen-bond acceptors (Lipinski definition) is 4. The van der Waals surface area contributed by atoms with Gasteiger partial charge < -0.3 is 9.72 Å². The minimum Gasteiger partial charge on any atom is -0.449 e. The molecule has 0 saturated heterocycles. The summed E-state index contributed by atoms with van der Waals surface area (Å²) in [5.74, 6) is -2.28. The van der Waals surface area contributed by atoms with Gasteiger partial charge in [-0.05, 0) is 18.2 Å². The maximum absolute atomic E-state index is 13.5. The predicted octanol–water partition coefficient (Wildman–Crippen LogP) is 6.62. The minimum absolute atomic E-state index is 0.0468. The van der Waals surface area contributed by atoms with Gasteiger partial charge >= 0.3 is 12.4 Å². The number of hydrogen-bond donors (Lipinski definition) is 1. The van der Waals surface area contributed by atoms with Crippen molar-refractivity contribution in [3.05, 3.63) is 67.1 Å². The van der Waals surface area contributed by atoms with Crippen LogP contribution in [0.5, 0.6) is 11.5 Å². The highest BCUT2D eigenvalue weighted by molar-refractivity contribution is 6.42. The number of pyridine rings is 1. The number of nitrogens with one attached hydrogen (secondary N) is 1. The Morgan fingerprint density at radius 1 is 0.903 bits per heavy atom. The molecule has 31 heavy (non-hydrogen) atoms. The third-order valence-corrected chi connectivity index (χ3v) is 4.68. The highest BCUT2D eigenvalue weighted by Crippen LogP contribution is 2.38. The monoisotopic (exact) mass is 503 g/mol. The molecular formula is C17H6Cl3F6N3O2. The first-order valence-electron chi connectivity index (χ1n) is 7.85. The van der Waals surface area contributed by atoms with E-state index in [9.17, 15) is 31.1 Å². The first-order valence-corrected chi connectivity index (χ1v) is 8.98. The number of alkyl halides is 6. The normalized spacial score (nSPS) is 12.2. The fraction of sp³-hybridized carbons (Fsp3) is 0.118. The molecule has 0 bridgehead atoms. The molecule has 0 amide bonds. The van der Waals surface area contributed by atoms with E-state index in [1.807, 2.05) is 4.98 Å². The van der Waals surface area contributed by atoms with Crippen LogP contribution >= 0.6 is 34.8 Å². The molecule has 2 heterocycles. The number of halogens is 9. The van der Waals surface area contributed by atoms with Gasteiger partial charge in [0.1, 0.15) is 11.4 Å². The maximum Gasteiger partial charge on any atom is 0.437 e. The molecular weight excluding hydrogens is 499 g/mol. The van der Waals surface area contributed by atoms with E-state index in [2.05, 4.69) is 9.97 Å². The van der Waals surface area contributed by atoms with Gasteiger partial charge in [0.25, 0.3) is 5.56 Å². The highest BCUT2D eigenvalue weighted by Gasteiger charge is 2.39. The summed E-state index contributed by atoms with van der Waals surface area (Å²) in [7, 11) is 0. The van der Waals surface area contributed by atoms with Gasteiger partial charge in [-0.15, -0.1) is 0 Å². The second-order valence-electron chi connectivity index (χ2n) is 5.82. The number of rotatable bonds is 3. The fourth-order valence-electron chi connectivity index (χ4n) is 2.29. The average Bonchev–Trinajstić information content (AvgIpc) is 2.64. The van der Waals surface area contributed by atoms with Crippen molar-refractivity contribution in [3.8, 4) is 23.0 Å². The molecule has 0 atom stereocenters. The Morgan fingerprint density at radius 3 is 2.13 bits per heavy atom. The van der Waals surface area contributed by atoms with Crippen molar-refractivity contribution in [2.45, 2.75) is 12.4 Å². The lowest BCUT2D eigenvalue weighted by molar-refractivity contribution is -0.142. The zero-order valence-electron chi connectivity index (χ0n) is 14.5. The number of benzene rings is 1. The molecule has 0 unspecified atom stereocenters. The third kappa shape index (κ3) is 5.05. The maximum atomic E-state index is 13.5. The number of nitrogens with zero attached hydrogens (tertiary/aromatic N) is 2. The number of H-pyrrole nitrogens is 1. The molecule has 0 fully saturated rings. The van der Waals surface area contributed by atoms with E-state index in [-0.39, 0.29) is 15.8 Å². The molecule has 164 valence electrons. The summed E-state index contributed by atoms with van der Waals surface area (Å²) in [6.07, 6.45) is -9.62. The van der Waals surface area contributed by atoms with Crippen molar-refractivity contribution in [1.29, 1.82) is 0 Å². The van der Waals surface area contributed by atoms with Gasteiger partial charge in [-0.25, -0.2) is 4.98 Å². The topological polar surface area (TPSA) is 67.9 Å². The van der Waals surface area contributed by atoms with Crippen molar-refractivity contribution in [1.82, 2.24) is 15.0 Å². The van der Waals surface area contributed by atoms with E-state index in [1.54, 1.807) is 0 Å². The van der Waals surface area contributed by atoms with E-state index < -0.39 is 51.5 Å². The third-order valence-electron chi connectivity index (χ3n) is 3.65. The largest absolute Gasteiger partial charge is 0.449 e. The molecule has 0 aliphatic carbocycles. The van der Waals surface area contributed by atoms with Gasteiger partial charge in [0.05, 0.1) is 20.6 Å². The standard InChI is InChI=1S/C17H6Cl3F6N3O2/c18-8-2-1-7(4-9(8)19)31-12-13(17(24,25)26)28-14(29-15(12)30)11-10(20)3-6(5-27-11)16(21,22)23/h1-5H,(H,28,29,30). The van der Waals surface area contributed by atoms with Gasteiger partial charge in [-0.2, -0.15) is 26.3 Å². The van der Waals surface area contributed by atoms with Crippen LogP contribution in [-0.2, 0) is 12.4 Å². The van der Waals surface area contributed by atoms with Crippen molar-refractivity contribution in [3.63, 3.8) is 0 Å². The van der Waals surface area contributed by atoms with Crippen LogP contribution in [0.3, 0.4) is 0 Å². The number of aromatic amines is 1. The summed E-state index contributed by atoms with van der Waals surface area (Å²) in [5.41, 5.74) is -4.98. The molecule has 1 aromatic carbocycles. The Kier molecular flexibility index (Phi) is 6.14. The van der Waals surface area contributed by atoms with Crippen LogP contribution in [0.4, 0.5) is 26.3 Å². The molecule has 3 aromatic rings. The smallest absolute Gasteiger partial charge is 0.437 e. The van der Waals surface area contributed by atoms with Gasteiger partial charge in [0, 0.05) is 12.3 Å². The Balaban J connectivity index is 2.13. The van der Waals surface area contributed by atoms with E-state index in [1.165, 1.54) is 6.07 Å². The summed E-state index contributed by atoms with van der Waals surface area (Å²) in [4.78, 5) is 21.0. The van der Waals surface area contributed by atoms with E-state index in [0.29, 0.717) is 12.3 Å². The molecule has 0 aliphatic heterocycles. The van der Waals surface area contributed by atoms with Crippen molar-refractivity contribution < 1.29 is 31.1 Å².